The van der Waals surface area contributed by atoms with E-state index in [0.29, 0.717) is 21.5 Å². The van der Waals surface area contributed by atoms with Gasteiger partial charge in [-0.3, -0.25) is 0 Å². The van der Waals surface area contributed by atoms with Gasteiger partial charge < -0.3 is 18.9 Å². The molecule has 32 heavy (non-hydrogen) atoms. The first-order valence-corrected chi connectivity index (χ1v) is 10.6. The van der Waals surface area contributed by atoms with Crippen LogP contribution in [0.25, 0.3) is 0 Å². The molecule has 0 amide bonds. The van der Waals surface area contributed by atoms with Crippen molar-refractivity contribution in [1.82, 2.24) is 0 Å². The SMILES string of the molecule is COc1cc(OC)c(Cl)c(C(C)(C)C)c1Cl.COc1cc(OC)c(F)c(C(C)(C)C)c1F. The molecule has 2 rings (SSSR count). The highest BCUT2D eigenvalue weighted by Gasteiger charge is 2.29. The predicted octanol–water partition coefficient (Wildman–Crippen LogP) is 7.59. The van der Waals surface area contributed by atoms with Crippen molar-refractivity contribution < 1.29 is 27.7 Å². The topological polar surface area (TPSA) is 36.9 Å². The molecule has 0 spiro atoms. The highest BCUT2D eigenvalue weighted by molar-refractivity contribution is 6.38. The normalized spacial score (nSPS) is 11.4. The van der Waals surface area contributed by atoms with Crippen molar-refractivity contribution >= 4 is 23.2 Å². The van der Waals surface area contributed by atoms with E-state index in [1.807, 2.05) is 20.8 Å². The van der Waals surface area contributed by atoms with E-state index in [2.05, 4.69) is 0 Å². The maximum absolute atomic E-state index is 13.9. The fraction of sp³-hybridized carbons (Fsp3) is 0.500. The van der Waals surface area contributed by atoms with E-state index < -0.39 is 17.0 Å². The van der Waals surface area contributed by atoms with Gasteiger partial charge in [-0.05, 0) is 10.8 Å². The average Bonchev–Trinajstić information content (AvgIpc) is 2.67. The Morgan fingerprint density at radius 1 is 0.562 bits per heavy atom. The van der Waals surface area contributed by atoms with E-state index in [1.165, 1.54) is 20.3 Å². The Balaban J connectivity index is 0.000000320. The van der Waals surface area contributed by atoms with Crippen LogP contribution in [0.15, 0.2) is 12.1 Å². The summed E-state index contributed by atoms with van der Waals surface area (Å²) in [7, 11) is 5.81. The summed E-state index contributed by atoms with van der Waals surface area (Å²) >= 11 is 12.5. The third-order valence-corrected chi connectivity index (χ3v) is 5.40. The molecule has 4 nitrogen and oxygen atoms in total. The minimum Gasteiger partial charge on any atom is -0.495 e. The van der Waals surface area contributed by atoms with Crippen LogP contribution in [0.2, 0.25) is 10.0 Å². The van der Waals surface area contributed by atoms with Gasteiger partial charge in [-0.15, -0.1) is 0 Å². The molecule has 0 unspecified atom stereocenters. The molecule has 0 saturated carbocycles. The van der Waals surface area contributed by atoms with Crippen LogP contribution >= 0.6 is 23.2 Å². The molecular weight excluding hydrogens is 461 g/mol. The number of ether oxygens (including phenoxy) is 4. The van der Waals surface area contributed by atoms with Crippen LogP contribution in [-0.4, -0.2) is 28.4 Å². The van der Waals surface area contributed by atoms with Crippen LogP contribution in [-0.2, 0) is 10.8 Å². The minimum atomic E-state index is -0.673. The lowest BCUT2D eigenvalue weighted by Crippen LogP contribution is -2.17. The van der Waals surface area contributed by atoms with E-state index in [4.69, 9.17) is 42.1 Å². The van der Waals surface area contributed by atoms with Crippen molar-refractivity contribution in [2.24, 2.45) is 0 Å². The van der Waals surface area contributed by atoms with Crippen molar-refractivity contribution in [1.29, 1.82) is 0 Å². The van der Waals surface area contributed by atoms with Crippen LogP contribution < -0.4 is 18.9 Å². The fourth-order valence-corrected chi connectivity index (χ4v) is 4.16. The number of halogens is 4. The van der Waals surface area contributed by atoms with E-state index in [1.54, 1.807) is 41.1 Å². The summed E-state index contributed by atoms with van der Waals surface area (Å²) in [6.07, 6.45) is 0. The Labute approximate surface area is 199 Å². The van der Waals surface area contributed by atoms with Crippen LogP contribution in [0, 0.1) is 11.6 Å². The quantitative estimate of drug-likeness (QED) is 0.440. The number of rotatable bonds is 4. The third-order valence-electron chi connectivity index (χ3n) is 4.65. The zero-order chi connectivity index (χ0) is 25.0. The van der Waals surface area contributed by atoms with Gasteiger partial charge in [-0.1, -0.05) is 64.7 Å². The summed E-state index contributed by atoms with van der Waals surface area (Å²) in [6.45, 7) is 11.3. The van der Waals surface area contributed by atoms with Crippen LogP contribution in [0.3, 0.4) is 0 Å². The van der Waals surface area contributed by atoms with Crippen molar-refractivity contribution in [3.63, 3.8) is 0 Å². The lowest BCUT2D eigenvalue weighted by Gasteiger charge is -2.24. The molecule has 0 aliphatic heterocycles. The largest absolute Gasteiger partial charge is 0.495 e. The van der Waals surface area contributed by atoms with Crippen molar-refractivity contribution in [2.45, 2.75) is 52.4 Å². The second-order valence-electron chi connectivity index (χ2n) is 9.07. The van der Waals surface area contributed by atoms with Crippen molar-refractivity contribution in [2.75, 3.05) is 28.4 Å². The zero-order valence-electron chi connectivity index (χ0n) is 20.3. The fourth-order valence-electron chi connectivity index (χ4n) is 3.09. The van der Waals surface area contributed by atoms with E-state index >= 15 is 0 Å². The Morgan fingerprint density at radius 3 is 1.09 bits per heavy atom. The lowest BCUT2D eigenvalue weighted by atomic mass is 9.85. The molecule has 0 bridgehead atoms. The Bertz CT molecular complexity index is 815. The Kier molecular flexibility index (Phi) is 9.49. The molecule has 0 aromatic heterocycles. The average molecular weight is 493 g/mol. The number of benzene rings is 2. The molecule has 0 saturated heterocycles. The molecule has 8 heteroatoms. The molecule has 0 aliphatic rings. The molecule has 0 radical (unpaired) electrons. The van der Waals surface area contributed by atoms with Gasteiger partial charge in [0.2, 0.25) is 0 Å². The van der Waals surface area contributed by atoms with Gasteiger partial charge in [-0.2, -0.15) is 0 Å². The number of methoxy groups -OCH3 is 4. The Hall–Kier alpha value is -1.92. The maximum atomic E-state index is 13.9. The van der Waals surface area contributed by atoms with Crippen LogP contribution in [0.5, 0.6) is 23.0 Å². The van der Waals surface area contributed by atoms with Crippen molar-refractivity contribution in [3.8, 4) is 23.0 Å². The summed E-state index contributed by atoms with van der Waals surface area (Å²) in [4.78, 5) is 0. The Morgan fingerprint density at radius 2 is 0.844 bits per heavy atom. The second kappa shape index (κ2) is 10.8. The molecule has 0 heterocycles. The first-order chi connectivity index (χ1) is 14.6. The van der Waals surface area contributed by atoms with Gasteiger partial charge in [0.1, 0.15) is 11.5 Å². The third kappa shape index (κ3) is 6.10. The van der Waals surface area contributed by atoms with Crippen LogP contribution in [0.4, 0.5) is 8.78 Å². The van der Waals surface area contributed by atoms with E-state index in [9.17, 15) is 8.78 Å². The summed E-state index contributed by atoms with van der Waals surface area (Å²) in [5.74, 6) is -0.214. The summed E-state index contributed by atoms with van der Waals surface area (Å²) < 4.78 is 48.0. The van der Waals surface area contributed by atoms with Gasteiger partial charge in [-0.25, -0.2) is 8.78 Å². The van der Waals surface area contributed by atoms with Gasteiger partial charge in [0.25, 0.3) is 0 Å². The van der Waals surface area contributed by atoms with Gasteiger partial charge in [0.15, 0.2) is 23.1 Å². The standard InChI is InChI=1S/C12H16Cl2O2.C12H16F2O2/c2*1-12(2,3)9-10(13)7(15-4)6-8(16-5)11(9)14/h2*6H,1-5H3. The lowest BCUT2D eigenvalue weighted by molar-refractivity contribution is 0.343. The summed E-state index contributed by atoms with van der Waals surface area (Å²) in [5, 5.41) is 1.08. The summed E-state index contributed by atoms with van der Waals surface area (Å²) in [5.41, 5.74) is -0.0119. The number of hydrogen-bond donors (Lipinski definition) is 0. The minimum absolute atomic E-state index is 0.0109. The van der Waals surface area contributed by atoms with E-state index in [-0.39, 0.29) is 22.5 Å². The molecule has 0 aliphatic carbocycles. The predicted molar refractivity (Wildman–Crippen MR) is 126 cm³/mol. The highest BCUT2D eigenvalue weighted by atomic mass is 35.5. The molecule has 0 N–H and O–H groups in total. The molecule has 2 aromatic rings. The van der Waals surface area contributed by atoms with E-state index in [0.717, 1.165) is 5.56 Å². The smallest absolute Gasteiger partial charge is 0.171 e. The zero-order valence-corrected chi connectivity index (χ0v) is 21.8. The molecule has 180 valence electrons. The van der Waals surface area contributed by atoms with Gasteiger partial charge in [0.05, 0.1) is 38.5 Å². The molecule has 2 aromatic carbocycles. The van der Waals surface area contributed by atoms with Crippen LogP contribution in [0.1, 0.15) is 52.7 Å². The van der Waals surface area contributed by atoms with Gasteiger partial charge >= 0.3 is 0 Å². The molecular formula is C24H32Cl2F2O4. The number of hydrogen-bond acceptors (Lipinski definition) is 4. The first-order valence-electron chi connectivity index (χ1n) is 9.86. The molecule has 0 fully saturated rings. The van der Waals surface area contributed by atoms with Crippen molar-refractivity contribution in [3.05, 3.63) is 44.9 Å². The highest BCUT2D eigenvalue weighted by Crippen LogP contribution is 2.45. The maximum Gasteiger partial charge on any atom is 0.171 e. The molecule has 0 atom stereocenters. The monoisotopic (exact) mass is 492 g/mol. The second-order valence-corrected chi connectivity index (χ2v) is 9.82. The first kappa shape index (κ1) is 28.1. The van der Waals surface area contributed by atoms with Gasteiger partial charge in [0, 0.05) is 23.3 Å². The summed E-state index contributed by atoms with van der Waals surface area (Å²) in [6, 6.07) is 2.90.